The van der Waals surface area contributed by atoms with E-state index in [-0.39, 0.29) is 6.61 Å². The van der Waals surface area contributed by atoms with Gasteiger partial charge in [0.15, 0.2) is 0 Å². The maximum absolute atomic E-state index is 8.65. The molecule has 0 unspecified atom stereocenters. The molecule has 0 aliphatic rings. The van der Waals surface area contributed by atoms with Crippen molar-refractivity contribution in [2.24, 2.45) is 0 Å². The van der Waals surface area contributed by atoms with Crippen LogP contribution in [0.5, 0.6) is 0 Å². The summed E-state index contributed by atoms with van der Waals surface area (Å²) >= 11 is 6.51. The van der Waals surface area contributed by atoms with Crippen LogP contribution in [0.1, 0.15) is 45.4 Å². The van der Waals surface area contributed by atoms with Gasteiger partial charge in [-0.05, 0) is 12.2 Å². The van der Waals surface area contributed by atoms with E-state index in [1.807, 2.05) is 0 Å². The second-order valence-electron chi connectivity index (χ2n) is 3.15. The zero-order valence-corrected chi connectivity index (χ0v) is 10.1. The van der Waals surface area contributed by atoms with Crippen LogP contribution in [0.2, 0.25) is 0 Å². The van der Waals surface area contributed by atoms with Crippen LogP contribution in [0, 0.1) is 0 Å². The predicted molar refractivity (Wildman–Crippen MR) is 65.5 cm³/mol. The highest BCUT2D eigenvalue weighted by Gasteiger charge is 1.95. The minimum atomic E-state index is 0.0514. The second kappa shape index (κ2) is 10.5. The summed E-state index contributed by atoms with van der Waals surface area (Å²) in [7, 11) is 0. The van der Waals surface area contributed by atoms with E-state index >= 15 is 0 Å². The van der Waals surface area contributed by atoms with Crippen LogP contribution in [-0.4, -0.2) is 21.7 Å². The molecular formula is C10H20OS2. The molecule has 3 heteroatoms. The summed E-state index contributed by atoms with van der Waals surface area (Å²) in [5, 5.41) is 8.65. The van der Waals surface area contributed by atoms with Crippen molar-refractivity contribution in [3.8, 4) is 0 Å². The van der Waals surface area contributed by atoms with Gasteiger partial charge >= 0.3 is 0 Å². The van der Waals surface area contributed by atoms with Crippen molar-refractivity contribution in [2.45, 2.75) is 45.4 Å². The lowest BCUT2D eigenvalue weighted by molar-refractivity contribution is 0.362. The number of hydrogen-bond acceptors (Lipinski definition) is 3. The summed E-state index contributed by atoms with van der Waals surface area (Å²) in [5.74, 6) is 1.07. The minimum Gasteiger partial charge on any atom is -0.390 e. The Morgan fingerprint density at radius 1 is 1.15 bits per heavy atom. The fourth-order valence-electron chi connectivity index (χ4n) is 1.11. The van der Waals surface area contributed by atoms with Crippen LogP contribution < -0.4 is 0 Å². The zero-order valence-electron chi connectivity index (χ0n) is 8.42. The van der Waals surface area contributed by atoms with Gasteiger partial charge in [-0.2, -0.15) is 0 Å². The summed E-state index contributed by atoms with van der Waals surface area (Å²) in [6, 6.07) is 0. The molecule has 0 radical (unpaired) electrons. The highest BCUT2D eigenvalue weighted by Crippen LogP contribution is 2.10. The van der Waals surface area contributed by atoms with Crippen molar-refractivity contribution < 1.29 is 5.11 Å². The first-order valence-corrected chi connectivity index (χ1v) is 6.47. The normalized spacial score (nSPS) is 10.3. The summed E-state index contributed by atoms with van der Waals surface area (Å²) < 4.78 is 0.730. The third kappa shape index (κ3) is 10.3. The Morgan fingerprint density at radius 2 is 1.77 bits per heavy atom. The van der Waals surface area contributed by atoms with Crippen LogP contribution >= 0.6 is 24.0 Å². The van der Waals surface area contributed by atoms with E-state index in [1.165, 1.54) is 38.5 Å². The summed E-state index contributed by atoms with van der Waals surface area (Å²) in [5.41, 5.74) is 0. The molecule has 0 aliphatic carbocycles. The van der Waals surface area contributed by atoms with E-state index in [2.05, 4.69) is 6.92 Å². The fourth-order valence-corrected chi connectivity index (χ4v) is 2.03. The average molecular weight is 220 g/mol. The third-order valence-electron chi connectivity index (χ3n) is 1.89. The Morgan fingerprint density at radius 3 is 2.38 bits per heavy atom. The quantitative estimate of drug-likeness (QED) is 0.500. The molecule has 0 aliphatic heterocycles. The molecule has 1 nitrogen and oxygen atoms in total. The zero-order chi connectivity index (χ0) is 9.94. The Bertz CT molecular complexity index is 126. The van der Waals surface area contributed by atoms with Crippen LogP contribution in [0.25, 0.3) is 0 Å². The SMILES string of the molecule is CCCCCCCCSC(=S)CO. The first-order chi connectivity index (χ1) is 6.31. The Labute approximate surface area is 91.3 Å². The third-order valence-corrected chi connectivity index (χ3v) is 3.32. The molecular weight excluding hydrogens is 200 g/mol. The van der Waals surface area contributed by atoms with Crippen molar-refractivity contribution in [3.05, 3.63) is 0 Å². The first-order valence-electron chi connectivity index (χ1n) is 5.07. The highest BCUT2D eigenvalue weighted by molar-refractivity contribution is 8.23. The van der Waals surface area contributed by atoms with Crippen LogP contribution in [0.15, 0.2) is 0 Å². The number of aliphatic hydroxyl groups excluding tert-OH is 1. The van der Waals surface area contributed by atoms with Crippen molar-refractivity contribution in [1.29, 1.82) is 0 Å². The Hall–Kier alpha value is 0.400. The van der Waals surface area contributed by atoms with Gasteiger partial charge in [0.25, 0.3) is 0 Å². The smallest absolute Gasteiger partial charge is 0.0842 e. The first kappa shape index (κ1) is 13.4. The number of thiocarbonyl (C=S) groups is 1. The van der Waals surface area contributed by atoms with Gasteiger partial charge in [0.2, 0.25) is 0 Å². The molecule has 0 bridgehead atoms. The van der Waals surface area contributed by atoms with E-state index in [4.69, 9.17) is 17.3 Å². The van der Waals surface area contributed by atoms with Crippen molar-refractivity contribution in [2.75, 3.05) is 12.4 Å². The molecule has 0 fully saturated rings. The largest absolute Gasteiger partial charge is 0.390 e. The van der Waals surface area contributed by atoms with E-state index < -0.39 is 0 Å². The molecule has 78 valence electrons. The summed E-state index contributed by atoms with van der Waals surface area (Å²) in [6.45, 7) is 2.28. The lowest BCUT2D eigenvalue weighted by Crippen LogP contribution is -1.95. The molecule has 0 spiro atoms. The number of hydrogen-bond donors (Lipinski definition) is 1. The lowest BCUT2D eigenvalue weighted by atomic mass is 10.1. The Kier molecular flexibility index (Phi) is 10.8. The predicted octanol–water partition coefficient (Wildman–Crippen LogP) is 3.40. The van der Waals surface area contributed by atoms with Crippen molar-refractivity contribution in [1.82, 2.24) is 0 Å². The monoisotopic (exact) mass is 220 g/mol. The molecule has 0 atom stereocenters. The molecule has 0 aromatic carbocycles. The van der Waals surface area contributed by atoms with Gasteiger partial charge in [-0.1, -0.05) is 51.2 Å². The molecule has 0 saturated carbocycles. The number of rotatable bonds is 8. The highest BCUT2D eigenvalue weighted by atomic mass is 32.2. The van der Waals surface area contributed by atoms with Crippen LogP contribution in [0.4, 0.5) is 0 Å². The number of unbranched alkanes of at least 4 members (excludes halogenated alkanes) is 5. The minimum absolute atomic E-state index is 0.0514. The number of aliphatic hydroxyl groups is 1. The van der Waals surface area contributed by atoms with Crippen LogP contribution in [-0.2, 0) is 0 Å². The lowest BCUT2D eigenvalue weighted by Gasteiger charge is -2.00. The topological polar surface area (TPSA) is 20.2 Å². The Balaban J connectivity index is 2.95. The van der Waals surface area contributed by atoms with Gasteiger partial charge in [0.1, 0.15) is 0 Å². The van der Waals surface area contributed by atoms with Gasteiger partial charge in [-0.25, -0.2) is 0 Å². The molecule has 1 N–H and O–H groups in total. The summed E-state index contributed by atoms with van der Waals surface area (Å²) in [6.07, 6.45) is 7.92. The van der Waals surface area contributed by atoms with Gasteiger partial charge in [0, 0.05) is 0 Å². The van der Waals surface area contributed by atoms with Gasteiger partial charge in [-0.15, -0.1) is 11.8 Å². The maximum Gasteiger partial charge on any atom is 0.0842 e. The van der Waals surface area contributed by atoms with Gasteiger partial charge < -0.3 is 5.11 Å². The fraction of sp³-hybridized carbons (Fsp3) is 0.900. The van der Waals surface area contributed by atoms with Crippen molar-refractivity contribution >= 4 is 28.2 Å². The molecule has 0 aromatic rings. The molecule has 0 aromatic heterocycles. The van der Waals surface area contributed by atoms with Gasteiger partial charge in [-0.3, -0.25) is 0 Å². The average Bonchev–Trinajstić information content (AvgIpc) is 2.16. The van der Waals surface area contributed by atoms with E-state index in [0.717, 1.165) is 9.95 Å². The van der Waals surface area contributed by atoms with Gasteiger partial charge in [0.05, 0.1) is 10.8 Å². The molecule has 0 saturated heterocycles. The van der Waals surface area contributed by atoms with E-state index in [0.29, 0.717) is 0 Å². The number of thioether (sulfide) groups is 1. The van der Waals surface area contributed by atoms with E-state index in [1.54, 1.807) is 11.8 Å². The standard InChI is InChI=1S/C10H20OS2/c1-2-3-4-5-6-7-8-13-10(12)9-11/h11H,2-9H2,1H3. The van der Waals surface area contributed by atoms with Crippen LogP contribution in [0.3, 0.4) is 0 Å². The molecule has 13 heavy (non-hydrogen) atoms. The van der Waals surface area contributed by atoms with E-state index in [9.17, 15) is 0 Å². The molecule has 0 rings (SSSR count). The van der Waals surface area contributed by atoms with Crippen molar-refractivity contribution in [3.63, 3.8) is 0 Å². The maximum atomic E-state index is 8.65. The molecule has 0 amide bonds. The summed E-state index contributed by atoms with van der Waals surface area (Å²) in [4.78, 5) is 0. The molecule has 0 heterocycles. The second-order valence-corrected chi connectivity index (χ2v) is 5.09.